The highest BCUT2D eigenvalue weighted by Crippen LogP contribution is 2.45. The van der Waals surface area contributed by atoms with Crippen molar-refractivity contribution in [2.45, 2.75) is 0 Å². The van der Waals surface area contributed by atoms with E-state index in [0.717, 1.165) is 0 Å². The maximum Gasteiger partial charge on any atom is 0.332 e. The predicted molar refractivity (Wildman–Crippen MR) is 51.6 cm³/mol. The summed E-state index contributed by atoms with van der Waals surface area (Å²) in [5, 5.41) is 0.664. The van der Waals surface area contributed by atoms with Crippen molar-refractivity contribution in [2.24, 2.45) is 0 Å². The largest absolute Gasteiger partial charge is 0.332 e. The van der Waals surface area contributed by atoms with Crippen molar-refractivity contribution >= 4 is 17.7 Å². The topological polar surface area (TPSA) is 78.9 Å². The Kier molecular flexibility index (Phi) is 5.54. The van der Waals surface area contributed by atoms with Crippen LogP contribution in [0.1, 0.15) is 0 Å². The van der Waals surface area contributed by atoms with Gasteiger partial charge in [-0.3, -0.25) is 8.75 Å². The first-order valence-electron chi connectivity index (χ1n) is 3.61. The molecule has 0 aromatic rings. The Bertz CT molecular complexity index is 313. The fraction of sp³-hybridized carbons (Fsp3) is 0.667. The van der Waals surface area contributed by atoms with Crippen molar-refractivity contribution < 1.29 is 26.2 Å². The highest BCUT2D eigenvalue weighted by Gasteiger charge is 2.21. The predicted octanol–water partition coefficient (Wildman–Crippen LogP) is 0.962. The van der Waals surface area contributed by atoms with Gasteiger partial charge in [-0.05, 0) is 0 Å². The minimum atomic E-state index is -3.73. The van der Waals surface area contributed by atoms with Crippen LogP contribution in [0.5, 0.6) is 0 Å². The average molecular weight is 244 g/mol. The van der Waals surface area contributed by atoms with Crippen molar-refractivity contribution in [3.8, 4) is 0 Å². The molecule has 0 spiro atoms. The third-order valence-electron chi connectivity index (χ3n) is 1.37. The zero-order valence-electron chi connectivity index (χ0n) is 8.00. The minimum Gasteiger partial charge on any atom is -0.312 e. The summed E-state index contributed by atoms with van der Waals surface area (Å²) in [6.07, 6.45) is -0.132. The molecule has 84 valence electrons. The standard InChI is InChI=1S/C6H13O6PS/c1-4-14(8,9)12-5-6-13(7,10-2)11-3/h4H,1,5-6H2,2-3H3. The summed E-state index contributed by atoms with van der Waals surface area (Å²) in [6, 6.07) is 0. The van der Waals surface area contributed by atoms with Crippen LogP contribution in [0.3, 0.4) is 0 Å². The van der Waals surface area contributed by atoms with Gasteiger partial charge in [0.2, 0.25) is 0 Å². The van der Waals surface area contributed by atoms with Crippen molar-refractivity contribution in [2.75, 3.05) is 27.0 Å². The van der Waals surface area contributed by atoms with Gasteiger partial charge >= 0.3 is 7.60 Å². The molecular formula is C6H13O6PS. The molecule has 0 saturated heterocycles. The van der Waals surface area contributed by atoms with Crippen LogP contribution in [0, 0.1) is 0 Å². The zero-order valence-corrected chi connectivity index (χ0v) is 9.71. The normalized spacial score (nSPS) is 12.7. The molecule has 0 saturated carbocycles. The second-order valence-corrected chi connectivity index (χ2v) is 6.14. The van der Waals surface area contributed by atoms with Gasteiger partial charge in [-0.15, -0.1) is 0 Å². The molecular weight excluding hydrogens is 231 g/mol. The average Bonchev–Trinajstić information content (AvgIpc) is 2.17. The Hall–Kier alpha value is -0.200. The lowest BCUT2D eigenvalue weighted by molar-refractivity contribution is 0.263. The van der Waals surface area contributed by atoms with Crippen LogP contribution in [0.2, 0.25) is 0 Å². The van der Waals surface area contributed by atoms with Gasteiger partial charge in [0.1, 0.15) is 0 Å². The van der Waals surface area contributed by atoms with Gasteiger partial charge in [0.15, 0.2) is 0 Å². The molecule has 14 heavy (non-hydrogen) atoms. The van der Waals surface area contributed by atoms with E-state index in [2.05, 4.69) is 19.8 Å². The van der Waals surface area contributed by atoms with E-state index in [1.54, 1.807) is 0 Å². The van der Waals surface area contributed by atoms with E-state index in [0.29, 0.717) is 5.41 Å². The van der Waals surface area contributed by atoms with E-state index in [4.69, 9.17) is 0 Å². The van der Waals surface area contributed by atoms with Gasteiger partial charge in [0.05, 0.1) is 18.2 Å². The van der Waals surface area contributed by atoms with E-state index >= 15 is 0 Å². The van der Waals surface area contributed by atoms with Gasteiger partial charge < -0.3 is 9.05 Å². The highest BCUT2D eigenvalue weighted by molar-refractivity contribution is 7.89. The fourth-order valence-corrected chi connectivity index (χ4v) is 1.93. The maximum atomic E-state index is 11.4. The molecule has 0 radical (unpaired) electrons. The SMILES string of the molecule is C=CS(=O)(=O)OCCP(=O)(OC)OC. The third kappa shape index (κ3) is 4.88. The van der Waals surface area contributed by atoms with E-state index in [-0.39, 0.29) is 12.8 Å². The monoisotopic (exact) mass is 244 g/mol. The van der Waals surface area contributed by atoms with Crippen LogP contribution in [0.4, 0.5) is 0 Å². The Morgan fingerprint density at radius 2 is 1.86 bits per heavy atom. The summed E-state index contributed by atoms with van der Waals surface area (Å²) in [6.45, 7) is 2.77. The summed E-state index contributed by atoms with van der Waals surface area (Å²) in [7, 11) is -4.50. The van der Waals surface area contributed by atoms with Gasteiger partial charge in [-0.2, -0.15) is 8.42 Å². The molecule has 0 rings (SSSR count). The maximum absolute atomic E-state index is 11.4. The lowest BCUT2D eigenvalue weighted by Crippen LogP contribution is -2.08. The van der Waals surface area contributed by atoms with E-state index < -0.39 is 17.7 Å². The summed E-state index contributed by atoms with van der Waals surface area (Å²) in [5.41, 5.74) is 0. The quantitative estimate of drug-likeness (QED) is 0.490. The van der Waals surface area contributed by atoms with Gasteiger partial charge in [-0.1, -0.05) is 6.58 Å². The fourth-order valence-electron chi connectivity index (χ4n) is 0.570. The molecule has 0 aliphatic heterocycles. The van der Waals surface area contributed by atoms with Crippen LogP contribution in [0.25, 0.3) is 0 Å². The summed E-state index contributed by atoms with van der Waals surface area (Å²) >= 11 is 0. The Labute approximate surface area is 83.5 Å². The molecule has 0 aliphatic rings. The molecule has 0 aliphatic carbocycles. The smallest absolute Gasteiger partial charge is 0.312 e. The van der Waals surface area contributed by atoms with Crippen LogP contribution in [-0.4, -0.2) is 35.4 Å². The van der Waals surface area contributed by atoms with Crippen LogP contribution < -0.4 is 0 Å². The molecule has 8 heteroatoms. The Balaban J connectivity index is 4.09. The van der Waals surface area contributed by atoms with Crippen molar-refractivity contribution in [1.82, 2.24) is 0 Å². The Morgan fingerprint density at radius 1 is 1.36 bits per heavy atom. The van der Waals surface area contributed by atoms with Gasteiger partial charge in [0, 0.05) is 14.2 Å². The highest BCUT2D eigenvalue weighted by atomic mass is 32.2. The molecule has 0 aromatic carbocycles. The summed E-state index contributed by atoms with van der Waals surface area (Å²) in [5.74, 6) is 0. The first-order chi connectivity index (χ1) is 6.39. The number of hydrogen-bond donors (Lipinski definition) is 0. The summed E-state index contributed by atoms with van der Waals surface area (Å²) < 4.78 is 46.4. The molecule has 0 bridgehead atoms. The summed E-state index contributed by atoms with van der Waals surface area (Å²) in [4.78, 5) is 0. The van der Waals surface area contributed by atoms with E-state index in [9.17, 15) is 13.0 Å². The van der Waals surface area contributed by atoms with Crippen LogP contribution >= 0.6 is 7.60 Å². The van der Waals surface area contributed by atoms with Crippen molar-refractivity contribution in [3.05, 3.63) is 12.0 Å². The van der Waals surface area contributed by atoms with Crippen LogP contribution in [-0.2, 0) is 27.9 Å². The van der Waals surface area contributed by atoms with Gasteiger partial charge in [-0.25, -0.2) is 0 Å². The molecule has 0 heterocycles. The van der Waals surface area contributed by atoms with Crippen molar-refractivity contribution in [3.63, 3.8) is 0 Å². The van der Waals surface area contributed by atoms with Crippen LogP contribution in [0.15, 0.2) is 12.0 Å². The molecule has 0 unspecified atom stereocenters. The van der Waals surface area contributed by atoms with Crippen molar-refractivity contribution in [1.29, 1.82) is 0 Å². The zero-order chi connectivity index (χ0) is 11.2. The minimum absolute atomic E-state index is 0.132. The van der Waals surface area contributed by atoms with E-state index in [1.807, 2.05) is 0 Å². The second-order valence-electron chi connectivity index (χ2n) is 2.18. The molecule has 0 amide bonds. The third-order valence-corrected chi connectivity index (χ3v) is 4.12. The molecule has 0 N–H and O–H groups in total. The Morgan fingerprint density at radius 3 is 2.21 bits per heavy atom. The lowest BCUT2D eigenvalue weighted by Gasteiger charge is -2.12. The second kappa shape index (κ2) is 5.63. The molecule has 0 aromatic heterocycles. The first kappa shape index (κ1) is 13.8. The number of rotatable bonds is 7. The van der Waals surface area contributed by atoms with E-state index in [1.165, 1.54) is 14.2 Å². The molecule has 6 nitrogen and oxygen atoms in total. The molecule has 0 atom stereocenters. The first-order valence-corrected chi connectivity index (χ1v) is 6.81. The lowest BCUT2D eigenvalue weighted by atomic mass is 10.9. The van der Waals surface area contributed by atoms with Gasteiger partial charge in [0.25, 0.3) is 10.1 Å². The molecule has 0 fully saturated rings. The number of hydrogen-bond acceptors (Lipinski definition) is 6.